The molecule has 2 aromatic heterocycles. The number of carboxylic acids is 1. The maximum Gasteiger partial charge on any atom is 0.347 e. The van der Waals surface area contributed by atoms with Crippen molar-refractivity contribution in [1.82, 2.24) is 20.1 Å². The lowest BCUT2D eigenvalue weighted by Crippen LogP contribution is -2.24. The van der Waals surface area contributed by atoms with Crippen molar-refractivity contribution in [2.75, 3.05) is 0 Å². The summed E-state index contributed by atoms with van der Waals surface area (Å²) < 4.78 is 1.65. The Morgan fingerprint density at radius 2 is 1.95 bits per heavy atom. The van der Waals surface area contributed by atoms with E-state index < -0.39 is 5.97 Å². The summed E-state index contributed by atoms with van der Waals surface area (Å²) in [5.74, 6) is -1.23. The number of thiazole rings is 1. The molecule has 0 bridgehead atoms. The molecule has 2 rings (SSSR count). The monoisotopic (exact) mass is 308 g/mol. The van der Waals surface area contributed by atoms with Crippen molar-refractivity contribution >= 4 is 23.2 Å². The highest BCUT2D eigenvalue weighted by atomic mass is 32.1. The smallest absolute Gasteiger partial charge is 0.347 e. The zero-order chi connectivity index (χ0) is 15.7. The van der Waals surface area contributed by atoms with Gasteiger partial charge in [0, 0.05) is 12.7 Å². The highest BCUT2D eigenvalue weighted by Crippen LogP contribution is 2.18. The molecule has 2 aromatic rings. The van der Waals surface area contributed by atoms with E-state index in [4.69, 9.17) is 5.11 Å². The second kappa shape index (κ2) is 5.65. The number of nitrogens with one attached hydrogen (secondary N) is 1. The maximum absolute atomic E-state index is 12.2. The Balaban J connectivity index is 2.11. The molecule has 1 amide bonds. The van der Waals surface area contributed by atoms with E-state index >= 15 is 0 Å². The quantitative estimate of drug-likeness (QED) is 0.890. The molecule has 0 saturated carbocycles. The second-order valence-electron chi connectivity index (χ2n) is 4.68. The van der Waals surface area contributed by atoms with Gasteiger partial charge in [-0.25, -0.2) is 9.78 Å². The first-order chi connectivity index (χ1) is 9.81. The molecule has 0 aliphatic carbocycles. The molecule has 0 aromatic carbocycles. The summed E-state index contributed by atoms with van der Waals surface area (Å²) in [6.45, 7) is 5.44. The van der Waals surface area contributed by atoms with E-state index in [1.54, 1.807) is 25.6 Å². The highest BCUT2D eigenvalue weighted by Gasteiger charge is 2.18. The lowest BCUT2D eigenvalue weighted by molar-refractivity contribution is 0.0701. The van der Waals surface area contributed by atoms with Crippen LogP contribution in [0.25, 0.3) is 0 Å². The molecule has 0 atom stereocenters. The standard InChI is InChI=1S/C13H16N4O3S/c1-6-10(8(3)17(4)16-6)12(18)14-5-9-15-7(2)11(21-9)13(19)20/h5H2,1-4H3,(H,14,18)(H,19,20). The molecule has 0 radical (unpaired) electrons. The van der Waals surface area contributed by atoms with Gasteiger partial charge in [0.25, 0.3) is 5.91 Å². The zero-order valence-corrected chi connectivity index (χ0v) is 13.0. The van der Waals surface area contributed by atoms with Gasteiger partial charge >= 0.3 is 5.97 Å². The molecule has 8 heteroatoms. The van der Waals surface area contributed by atoms with E-state index in [1.165, 1.54) is 0 Å². The molecule has 0 spiro atoms. The number of hydrogen-bond acceptors (Lipinski definition) is 5. The van der Waals surface area contributed by atoms with E-state index in [2.05, 4.69) is 15.4 Å². The van der Waals surface area contributed by atoms with E-state index in [0.717, 1.165) is 17.0 Å². The SMILES string of the molecule is Cc1nc(CNC(=O)c2c(C)nn(C)c2C)sc1C(=O)O. The van der Waals surface area contributed by atoms with Crippen molar-refractivity contribution in [3.8, 4) is 0 Å². The van der Waals surface area contributed by atoms with Crippen LogP contribution >= 0.6 is 11.3 Å². The topological polar surface area (TPSA) is 97.1 Å². The molecule has 2 heterocycles. The fraction of sp³-hybridized carbons (Fsp3) is 0.385. The van der Waals surface area contributed by atoms with Crippen molar-refractivity contribution in [2.24, 2.45) is 7.05 Å². The normalized spacial score (nSPS) is 10.7. The van der Waals surface area contributed by atoms with Crippen LogP contribution in [-0.2, 0) is 13.6 Å². The summed E-state index contributed by atoms with van der Waals surface area (Å²) in [5.41, 5.74) is 2.45. The van der Waals surface area contributed by atoms with Gasteiger partial charge in [0.15, 0.2) is 0 Å². The minimum atomic E-state index is -0.999. The van der Waals surface area contributed by atoms with Crippen molar-refractivity contribution in [1.29, 1.82) is 0 Å². The summed E-state index contributed by atoms with van der Waals surface area (Å²) in [4.78, 5) is 27.5. The highest BCUT2D eigenvalue weighted by molar-refractivity contribution is 7.13. The third kappa shape index (κ3) is 2.94. The summed E-state index contributed by atoms with van der Waals surface area (Å²) in [6.07, 6.45) is 0. The molecular formula is C13H16N4O3S. The number of aromatic nitrogens is 3. The van der Waals surface area contributed by atoms with Gasteiger partial charge < -0.3 is 10.4 Å². The minimum Gasteiger partial charge on any atom is -0.477 e. The molecule has 0 unspecified atom stereocenters. The lowest BCUT2D eigenvalue weighted by Gasteiger charge is -2.03. The summed E-state index contributed by atoms with van der Waals surface area (Å²) in [6, 6.07) is 0. The number of amides is 1. The van der Waals surface area contributed by atoms with Crippen LogP contribution in [0.15, 0.2) is 0 Å². The predicted molar refractivity (Wildman–Crippen MR) is 77.7 cm³/mol. The Labute approximate surface area is 125 Å². The predicted octanol–water partition coefficient (Wildman–Crippen LogP) is 1.43. The number of nitrogens with zero attached hydrogens (tertiary/aromatic N) is 3. The van der Waals surface area contributed by atoms with Crippen LogP contribution in [0.2, 0.25) is 0 Å². The van der Waals surface area contributed by atoms with Gasteiger partial charge in [-0.05, 0) is 20.8 Å². The summed E-state index contributed by atoms with van der Waals surface area (Å²) in [5, 5.41) is 16.5. The van der Waals surface area contributed by atoms with Crippen LogP contribution in [0, 0.1) is 20.8 Å². The first-order valence-electron chi connectivity index (χ1n) is 6.29. The molecule has 21 heavy (non-hydrogen) atoms. The van der Waals surface area contributed by atoms with E-state index in [-0.39, 0.29) is 17.3 Å². The van der Waals surface area contributed by atoms with Crippen molar-refractivity contribution < 1.29 is 14.7 Å². The van der Waals surface area contributed by atoms with E-state index in [0.29, 0.717) is 22.0 Å². The van der Waals surface area contributed by atoms with Gasteiger partial charge in [-0.15, -0.1) is 11.3 Å². The first kappa shape index (κ1) is 15.2. The number of carbonyl (C=O) groups is 2. The van der Waals surface area contributed by atoms with Crippen molar-refractivity contribution in [3.05, 3.63) is 32.5 Å². The zero-order valence-electron chi connectivity index (χ0n) is 12.2. The Kier molecular flexibility index (Phi) is 4.08. The largest absolute Gasteiger partial charge is 0.477 e. The Hall–Kier alpha value is -2.22. The number of carboxylic acid groups (broad SMARTS) is 1. The molecule has 7 nitrogen and oxygen atoms in total. The molecule has 0 aliphatic rings. The van der Waals surface area contributed by atoms with Crippen LogP contribution < -0.4 is 5.32 Å². The average Bonchev–Trinajstić information content (AvgIpc) is 2.88. The van der Waals surface area contributed by atoms with E-state index in [1.807, 2.05) is 6.92 Å². The fourth-order valence-corrected chi connectivity index (χ4v) is 2.92. The molecule has 0 saturated heterocycles. The van der Waals surface area contributed by atoms with Gasteiger partial charge in [0.05, 0.1) is 23.5 Å². The number of aromatic carboxylic acids is 1. The van der Waals surface area contributed by atoms with Crippen LogP contribution in [0.1, 0.15) is 42.1 Å². The van der Waals surface area contributed by atoms with Gasteiger partial charge in [0.1, 0.15) is 9.88 Å². The van der Waals surface area contributed by atoms with Crippen molar-refractivity contribution in [2.45, 2.75) is 27.3 Å². The number of carbonyl (C=O) groups excluding carboxylic acids is 1. The molecule has 2 N–H and O–H groups in total. The number of rotatable bonds is 4. The first-order valence-corrected chi connectivity index (χ1v) is 7.11. The summed E-state index contributed by atoms with van der Waals surface area (Å²) in [7, 11) is 1.78. The summed E-state index contributed by atoms with van der Waals surface area (Å²) >= 11 is 1.07. The fourth-order valence-electron chi connectivity index (χ4n) is 2.07. The van der Waals surface area contributed by atoms with Crippen LogP contribution in [-0.4, -0.2) is 31.7 Å². The molecule has 0 fully saturated rings. The number of aryl methyl sites for hydroxylation is 3. The van der Waals surface area contributed by atoms with Crippen molar-refractivity contribution in [3.63, 3.8) is 0 Å². The Morgan fingerprint density at radius 3 is 2.43 bits per heavy atom. The van der Waals surface area contributed by atoms with Crippen LogP contribution in [0.3, 0.4) is 0 Å². The second-order valence-corrected chi connectivity index (χ2v) is 5.76. The lowest BCUT2D eigenvalue weighted by atomic mass is 10.2. The number of hydrogen-bond donors (Lipinski definition) is 2. The van der Waals surface area contributed by atoms with Crippen LogP contribution in [0.4, 0.5) is 0 Å². The average molecular weight is 308 g/mol. The third-order valence-electron chi connectivity index (χ3n) is 3.17. The maximum atomic E-state index is 12.2. The minimum absolute atomic E-state index is 0.200. The molecular weight excluding hydrogens is 292 g/mol. The van der Waals surface area contributed by atoms with Gasteiger partial charge in [-0.2, -0.15) is 5.10 Å². The third-order valence-corrected chi connectivity index (χ3v) is 4.32. The van der Waals surface area contributed by atoms with Gasteiger partial charge in [-0.3, -0.25) is 9.48 Å². The Morgan fingerprint density at radius 1 is 1.29 bits per heavy atom. The molecule has 0 aliphatic heterocycles. The Bertz CT molecular complexity index is 717. The van der Waals surface area contributed by atoms with Gasteiger partial charge in [0.2, 0.25) is 0 Å². The molecule has 112 valence electrons. The van der Waals surface area contributed by atoms with E-state index in [9.17, 15) is 9.59 Å². The van der Waals surface area contributed by atoms with Gasteiger partial charge in [-0.1, -0.05) is 0 Å². The van der Waals surface area contributed by atoms with Crippen LogP contribution in [0.5, 0.6) is 0 Å².